The van der Waals surface area contributed by atoms with Crippen molar-refractivity contribution >= 4 is 16.6 Å². The third-order valence-electron chi connectivity index (χ3n) is 2.66. The van der Waals surface area contributed by atoms with Crippen LogP contribution in [-0.4, -0.2) is 13.2 Å². The summed E-state index contributed by atoms with van der Waals surface area (Å²) in [6, 6.07) is 6.05. The summed E-state index contributed by atoms with van der Waals surface area (Å²) in [5.74, 6) is 0.116. The Morgan fingerprint density at radius 1 is 1.10 bits per heavy atom. The summed E-state index contributed by atoms with van der Waals surface area (Å²) in [5, 5.41) is 0. The molecule has 0 radical (unpaired) electrons. The van der Waals surface area contributed by atoms with Crippen molar-refractivity contribution in [2.45, 2.75) is 39.5 Å². The third-order valence-corrected chi connectivity index (χ3v) is 5.75. The fourth-order valence-corrected chi connectivity index (χ4v) is 4.14. The van der Waals surface area contributed by atoms with Crippen LogP contribution in [0.2, 0.25) is 0 Å². The van der Waals surface area contributed by atoms with Gasteiger partial charge in [-0.05, 0) is 0 Å². The van der Waals surface area contributed by atoms with E-state index in [1.54, 1.807) is 12.1 Å². The Balaban J connectivity index is 2.64. The fourth-order valence-electron chi connectivity index (χ4n) is 1.51. The summed E-state index contributed by atoms with van der Waals surface area (Å²) in [6.45, 7) is 5.38. The molecule has 0 saturated carbocycles. The van der Waals surface area contributed by atoms with Gasteiger partial charge < -0.3 is 0 Å². The van der Waals surface area contributed by atoms with Crippen molar-refractivity contribution in [1.29, 1.82) is 0 Å². The molecule has 3 nitrogen and oxygen atoms in total. The quantitative estimate of drug-likeness (QED) is 0.442. The first-order chi connectivity index (χ1) is 9.59. The van der Waals surface area contributed by atoms with Gasteiger partial charge in [0, 0.05) is 0 Å². The second kappa shape index (κ2) is 9.63. The van der Waals surface area contributed by atoms with E-state index in [0.717, 1.165) is 25.7 Å². The average Bonchev–Trinajstić information content (AvgIpc) is 2.39. The summed E-state index contributed by atoms with van der Waals surface area (Å²) in [6.07, 6.45) is 3.99. The summed E-state index contributed by atoms with van der Waals surface area (Å²) >= 11 is 0. The molecule has 0 aromatic heterocycles. The van der Waals surface area contributed by atoms with Crippen LogP contribution in [0, 0.1) is 5.82 Å². The summed E-state index contributed by atoms with van der Waals surface area (Å²) in [7, 11) is -0.265. The Morgan fingerprint density at radius 3 is 2.20 bits per heavy atom. The zero-order chi connectivity index (χ0) is 14.8. The molecule has 0 bridgehead atoms. The van der Waals surface area contributed by atoms with Crippen LogP contribution in [0.4, 0.5) is 4.39 Å². The molecule has 0 aliphatic carbocycles. The Morgan fingerprint density at radius 2 is 1.70 bits per heavy atom. The maximum absolute atomic E-state index is 13.2. The Labute approximate surface area is 123 Å². The number of rotatable bonds is 10. The van der Waals surface area contributed by atoms with E-state index in [1.807, 2.05) is 0 Å². The Kier molecular flexibility index (Phi) is 8.56. The van der Waals surface area contributed by atoms with Crippen LogP contribution in [0.3, 0.4) is 0 Å². The average molecular weight is 322 g/mol. The van der Waals surface area contributed by atoms with Crippen molar-refractivity contribution in [3.05, 3.63) is 30.1 Å². The molecule has 1 aromatic rings. The van der Waals surface area contributed by atoms with Gasteiger partial charge in [-0.25, -0.2) is 0 Å². The number of hydrogen-bond acceptors (Lipinski definition) is 3. The summed E-state index contributed by atoms with van der Waals surface area (Å²) in [4.78, 5) is 0. The second-order valence-electron chi connectivity index (χ2n) is 4.57. The SMILES string of the molecule is CCCCO[PH](P)(OCCCC)Oc1cccc(F)c1. The fraction of sp³-hybridized carbons (Fsp3) is 0.571. The number of halogens is 1. The zero-order valence-electron chi connectivity index (χ0n) is 12.2. The van der Waals surface area contributed by atoms with Crippen LogP contribution >= 0.6 is 16.6 Å². The van der Waals surface area contributed by atoms with E-state index in [4.69, 9.17) is 13.6 Å². The van der Waals surface area contributed by atoms with E-state index in [9.17, 15) is 4.39 Å². The third kappa shape index (κ3) is 6.95. The van der Waals surface area contributed by atoms with E-state index >= 15 is 0 Å². The molecule has 1 unspecified atom stereocenters. The number of unbranched alkanes of at least 4 members (excludes halogenated alkanes) is 2. The minimum absolute atomic E-state index is 0.328. The zero-order valence-corrected chi connectivity index (χ0v) is 14.4. The molecule has 0 heterocycles. The van der Waals surface area contributed by atoms with E-state index < -0.39 is 7.63 Å². The number of hydrogen-bond donors (Lipinski definition) is 0. The van der Waals surface area contributed by atoms with Crippen molar-refractivity contribution in [3.63, 3.8) is 0 Å². The van der Waals surface area contributed by atoms with Gasteiger partial charge in [-0.2, -0.15) is 0 Å². The van der Waals surface area contributed by atoms with Crippen LogP contribution in [-0.2, 0) is 9.05 Å². The van der Waals surface area contributed by atoms with Gasteiger partial charge in [-0.15, -0.1) is 0 Å². The van der Waals surface area contributed by atoms with Gasteiger partial charge in [0.2, 0.25) is 0 Å². The van der Waals surface area contributed by atoms with Crippen molar-refractivity contribution in [1.82, 2.24) is 0 Å². The van der Waals surface area contributed by atoms with Crippen LogP contribution in [0.1, 0.15) is 39.5 Å². The predicted octanol–water partition coefficient (Wildman–Crippen LogP) is 5.12. The van der Waals surface area contributed by atoms with E-state index in [2.05, 4.69) is 22.8 Å². The first kappa shape index (κ1) is 17.8. The Hall–Kier alpha value is -0.270. The van der Waals surface area contributed by atoms with Gasteiger partial charge >= 0.3 is 123 Å². The normalized spacial score (nSPS) is 12.4. The van der Waals surface area contributed by atoms with Crippen LogP contribution < -0.4 is 4.52 Å². The molecule has 0 N–H and O–H groups in total. The van der Waals surface area contributed by atoms with Crippen LogP contribution in [0.15, 0.2) is 24.3 Å². The van der Waals surface area contributed by atoms with Crippen molar-refractivity contribution in [2.75, 3.05) is 13.2 Å². The topological polar surface area (TPSA) is 27.7 Å². The monoisotopic (exact) mass is 322 g/mol. The van der Waals surface area contributed by atoms with Crippen molar-refractivity contribution in [2.24, 2.45) is 0 Å². The molecular formula is C14H25FO3P2. The molecule has 6 heteroatoms. The molecule has 1 aromatic carbocycles. The van der Waals surface area contributed by atoms with Gasteiger partial charge in [-0.1, -0.05) is 0 Å². The standard InChI is InChI=1S/C14H25FO3P2/c1-3-5-10-16-20(19,17-11-6-4-2)18-14-9-7-8-13(15)12-14/h7-9,12,20H,3-6,10-11,19H2,1-2H3. The van der Waals surface area contributed by atoms with Crippen LogP contribution in [0.25, 0.3) is 0 Å². The molecule has 1 atom stereocenters. The van der Waals surface area contributed by atoms with Gasteiger partial charge in [0.15, 0.2) is 0 Å². The summed E-state index contributed by atoms with van der Waals surface area (Å²) in [5.41, 5.74) is 0. The first-order valence-electron chi connectivity index (χ1n) is 7.11. The molecule has 0 fully saturated rings. The summed E-state index contributed by atoms with van der Waals surface area (Å²) < 4.78 is 30.6. The molecule has 116 valence electrons. The van der Waals surface area contributed by atoms with E-state index in [-0.39, 0.29) is 5.82 Å². The minimum atomic E-state index is -2.84. The van der Waals surface area contributed by atoms with Crippen molar-refractivity contribution in [3.8, 4) is 5.75 Å². The Bertz CT molecular complexity index is 380. The predicted molar refractivity (Wildman–Crippen MR) is 86.8 cm³/mol. The molecular weight excluding hydrogens is 297 g/mol. The van der Waals surface area contributed by atoms with Gasteiger partial charge in [0.05, 0.1) is 0 Å². The molecule has 1 rings (SSSR count). The maximum atomic E-state index is 13.2. The molecule has 0 saturated heterocycles. The van der Waals surface area contributed by atoms with E-state index in [1.165, 1.54) is 12.1 Å². The molecule has 0 amide bonds. The molecule has 0 aliphatic heterocycles. The molecule has 0 spiro atoms. The van der Waals surface area contributed by atoms with E-state index in [0.29, 0.717) is 19.0 Å². The van der Waals surface area contributed by atoms with Gasteiger partial charge in [0.25, 0.3) is 0 Å². The second-order valence-corrected chi connectivity index (χ2v) is 8.68. The van der Waals surface area contributed by atoms with Gasteiger partial charge in [-0.3, -0.25) is 0 Å². The van der Waals surface area contributed by atoms with Crippen molar-refractivity contribution < 1.29 is 18.0 Å². The molecule has 0 aliphatic rings. The first-order valence-corrected chi connectivity index (χ1v) is 10.6. The number of benzene rings is 1. The molecule has 20 heavy (non-hydrogen) atoms. The van der Waals surface area contributed by atoms with Crippen LogP contribution in [0.5, 0.6) is 5.75 Å². The van der Waals surface area contributed by atoms with Gasteiger partial charge in [0.1, 0.15) is 0 Å².